The first-order valence-corrected chi connectivity index (χ1v) is 10.1. The van der Waals surface area contributed by atoms with E-state index >= 15 is 0 Å². The summed E-state index contributed by atoms with van der Waals surface area (Å²) in [6.07, 6.45) is 14.3. The highest BCUT2D eigenvalue weighted by Crippen LogP contribution is 2.51. The molecule has 0 spiro atoms. The van der Waals surface area contributed by atoms with Crippen LogP contribution in [0.4, 0.5) is 5.82 Å². The van der Waals surface area contributed by atoms with Crippen molar-refractivity contribution in [3.8, 4) is 0 Å². The molecule has 3 nitrogen and oxygen atoms in total. The van der Waals surface area contributed by atoms with Gasteiger partial charge in [0.05, 0.1) is 0 Å². The van der Waals surface area contributed by atoms with Gasteiger partial charge in [0.25, 0.3) is 0 Å². The fourth-order valence-electron chi connectivity index (χ4n) is 3.84. The van der Waals surface area contributed by atoms with Gasteiger partial charge in [0, 0.05) is 24.4 Å². The summed E-state index contributed by atoms with van der Waals surface area (Å²) in [5, 5.41) is 3.16. The third kappa shape index (κ3) is 5.55. The predicted octanol–water partition coefficient (Wildman–Crippen LogP) is 6.64. The van der Waals surface area contributed by atoms with Crippen molar-refractivity contribution < 1.29 is 4.79 Å². The van der Waals surface area contributed by atoms with E-state index in [0.717, 1.165) is 23.2 Å². The molecule has 3 aliphatic rings. The summed E-state index contributed by atoms with van der Waals surface area (Å²) in [5.74, 6) is 2.19. The van der Waals surface area contributed by atoms with Gasteiger partial charge in [0.2, 0.25) is 0 Å². The van der Waals surface area contributed by atoms with Crippen LogP contribution in [0, 0.1) is 0 Å². The van der Waals surface area contributed by atoms with Gasteiger partial charge >= 0.3 is 0 Å². The number of unbranched alkanes of at least 4 members (excludes halogenated alkanes) is 1. The summed E-state index contributed by atoms with van der Waals surface area (Å²) in [5.41, 5.74) is 4.56. The van der Waals surface area contributed by atoms with Gasteiger partial charge in [-0.05, 0) is 56.4 Å². The number of aromatic nitrogens is 1. The zero-order valence-electron chi connectivity index (χ0n) is 17.3. The number of carbonyl (C=O) groups excluding carboxylic acids is 1. The Morgan fingerprint density at radius 3 is 2.27 bits per heavy atom. The molecule has 0 unspecified atom stereocenters. The molecule has 2 bridgehead atoms. The highest BCUT2D eigenvalue weighted by Gasteiger charge is 2.36. The standard InChI is InChI=1S/C13H16N2O.C8H14.C2H6/c1-14-13-12-9-4-2-8(3-5-9)11(12)10(7-16)6-15-13;1-4-5-6-7-8(2)3;1-2/h6-9H,2-5H2,1H3,(H,14,15);6-7H,2,4-5H2,1,3H3;1-2H3/b;7-6-;. The quantitative estimate of drug-likeness (QED) is 0.475. The molecule has 26 heavy (non-hydrogen) atoms. The lowest BCUT2D eigenvalue weighted by Gasteiger charge is -2.39. The number of carbonyl (C=O) groups is 1. The number of anilines is 1. The first-order valence-electron chi connectivity index (χ1n) is 10.1. The summed E-state index contributed by atoms with van der Waals surface area (Å²) >= 11 is 0. The molecule has 1 saturated carbocycles. The number of rotatable bonds is 5. The fourth-order valence-corrected chi connectivity index (χ4v) is 3.84. The zero-order valence-corrected chi connectivity index (χ0v) is 17.3. The van der Waals surface area contributed by atoms with Crippen molar-refractivity contribution in [2.24, 2.45) is 0 Å². The van der Waals surface area contributed by atoms with Crippen LogP contribution in [-0.2, 0) is 0 Å². The van der Waals surface area contributed by atoms with Gasteiger partial charge in [-0.3, -0.25) is 4.79 Å². The van der Waals surface area contributed by atoms with Crippen LogP contribution in [0.3, 0.4) is 0 Å². The van der Waals surface area contributed by atoms with Crippen molar-refractivity contribution in [1.29, 1.82) is 0 Å². The van der Waals surface area contributed by atoms with Crippen LogP contribution in [0.5, 0.6) is 0 Å². The van der Waals surface area contributed by atoms with Gasteiger partial charge in [-0.2, -0.15) is 0 Å². The van der Waals surface area contributed by atoms with Gasteiger partial charge in [-0.1, -0.05) is 51.5 Å². The van der Waals surface area contributed by atoms with Crippen molar-refractivity contribution >= 4 is 12.1 Å². The monoisotopic (exact) mass is 356 g/mol. The van der Waals surface area contributed by atoms with Crippen molar-refractivity contribution in [1.82, 2.24) is 4.98 Å². The lowest BCUT2D eigenvalue weighted by Crippen LogP contribution is -2.25. The topological polar surface area (TPSA) is 42.0 Å². The van der Waals surface area contributed by atoms with Gasteiger partial charge in [0.15, 0.2) is 6.29 Å². The van der Waals surface area contributed by atoms with Crippen molar-refractivity contribution in [3.63, 3.8) is 0 Å². The molecule has 0 amide bonds. The SMILES string of the molecule is C=C(C)/C=C\CCC.CC.CNc1ncc(C=O)c2c1C1CCC2CC1. The second-order valence-corrected chi connectivity index (χ2v) is 6.84. The van der Waals surface area contributed by atoms with Crippen LogP contribution in [0.2, 0.25) is 0 Å². The van der Waals surface area contributed by atoms with E-state index in [1.54, 1.807) is 6.20 Å². The number of pyridine rings is 1. The van der Waals surface area contributed by atoms with E-state index in [9.17, 15) is 4.79 Å². The summed E-state index contributed by atoms with van der Waals surface area (Å²) in [6.45, 7) is 11.9. The van der Waals surface area contributed by atoms with E-state index in [1.807, 2.05) is 27.8 Å². The fraction of sp³-hybridized carbons (Fsp3) is 0.565. The van der Waals surface area contributed by atoms with Gasteiger partial charge in [-0.15, -0.1) is 0 Å². The number of aldehydes is 1. The van der Waals surface area contributed by atoms with Crippen LogP contribution in [0.25, 0.3) is 0 Å². The molecule has 0 aromatic carbocycles. The molecular weight excluding hydrogens is 320 g/mol. The average Bonchev–Trinajstić information content (AvgIpc) is 2.70. The van der Waals surface area contributed by atoms with Crippen LogP contribution >= 0.6 is 0 Å². The molecule has 1 aromatic heterocycles. The van der Waals surface area contributed by atoms with Crippen LogP contribution in [0.1, 0.15) is 99.5 Å². The Bertz CT molecular complexity index is 611. The first kappa shape index (κ1) is 22.1. The maximum Gasteiger partial charge on any atom is 0.151 e. The van der Waals surface area contributed by atoms with Gasteiger partial charge in [-0.25, -0.2) is 4.98 Å². The van der Waals surface area contributed by atoms with E-state index in [4.69, 9.17) is 0 Å². The van der Waals surface area contributed by atoms with Crippen LogP contribution in [0.15, 0.2) is 30.5 Å². The lowest BCUT2D eigenvalue weighted by atomic mass is 9.66. The van der Waals surface area contributed by atoms with Crippen LogP contribution < -0.4 is 5.32 Å². The minimum Gasteiger partial charge on any atom is -0.373 e. The molecule has 1 N–H and O–H groups in total. The molecule has 0 saturated heterocycles. The molecule has 144 valence electrons. The molecule has 0 atom stereocenters. The highest BCUT2D eigenvalue weighted by molar-refractivity contribution is 5.80. The van der Waals surface area contributed by atoms with E-state index in [0.29, 0.717) is 11.8 Å². The minimum atomic E-state index is 0.593. The second kappa shape index (κ2) is 11.7. The Morgan fingerprint density at radius 1 is 1.23 bits per heavy atom. The summed E-state index contributed by atoms with van der Waals surface area (Å²) in [6, 6.07) is 0. The Labute approximate surface area is 160 Å². The molecule has 1 fully saturated rings. The largest absolute Gasteiger partial charge is 0.373 e. The molecule has 0 radical (unpaired) electrons. The van der Waals surface area contributed by atoms with E-state index in [-0.39, 0.29) is 0 Å². The summed E-state index contributed by atoms with van der Waals surface area (Å²) in [7, 11) is 1.91. The lowest BCUT2D eigenvalue weighted by molar-refractivity contribution is 0.112. The molecule has 0 aliphatic heterocycles. The Kier molecular flexibility index (Phi) is 9.93. The average molecular weight is 357 g/mol. The second-order valence-electron chi connectivity index (χ2n) is 6.84. The summed E-state index contributed by atoms with van der Waals surface area (Å²) in [4.78, 5) is 15.5. The number of nitrogens with zero attached hydrogens (tertiary/aromatic N) is 1. The van der Waals surface area contributed by atoms with Gasteiger partial charge in [0.1, 0.15) is 5.82 Å². The maximum atomic E-state index is 11.1. The van der Waals surface area contributed by atoms with Gasteiger partial charge < -0.3 is 5.32 Å². The number of fused-ring (bicyclic) bond motifs is 2. The zero-order chi connectivity index (χ0) is 19.5. The molecule has 1 aromatic rings. The number of hydrogen-bond donors (Lipinski definition) is 1. The summed E-state index contributed by atoms with van der Waals surface area (Å²) < 4.78 is 0. The molecule has 4 rings (SSSR count). The highest BCUT2D eigenvalue weighted by atomic mass is 16.1. The number of hydrogen-bond acceptors (Lipinski definition) is 3. The molecule has 3 aliphatic carbocycles. The van der Waals surface area contributed by atoms with Crippen molar-refractivity contribution in [2.75, 3.05) is 12.4 Å². The Hall–Kier alpha value is -1.90. The van der Waals surface area contributed by atoms with Crippen molar-refractivity contribution in [2.45, 2.75) is 78.1 Å². The van der Waals surface area contributed by atoms with E-state index < -0.39 is 0 Å². The van der Waals surface area contributed by atoms with Crippen molar-refractivity contribution in [3.05, 3.63) is 47.2 Å². The minimum absolute atomic E-state index is 0.593. The first-order chi connectivity index (χ1) is 12.6. The number of nitrogens with one attached hydrogen (secondary N) is 1. The third-order valence-electron chi connectivity index (χ3n) is 4.95. The van der Waals surface area contributed by atoms with Crippen LogP contribution in [-0.4, -0.2) is 18.3 Å². The molecule has 1 heterocycles. The smallest absolute Gasteiger partial charge is 0.151 e. The Morgan fingerprint density at radius 2 is 1.81 bits per heavy atom. The Balaban J connectivity index is 0.000000290. The predicted molar refractivity (Wildman–Crippen MR) is 113 cm³/mol. The van der Waals surface area contributed by atoms with E-state index in [1.165, 1.54) is 49.7 Å². The number of allylic oxidation sites excluding steroid dienone is 3. The molecular formula is C23H36N2O. The molecule has 3 heteroatoms. The maximum absolute atomic E-state index is 11.1. The third-order valence-corrected chi connectivity index (χ3v) is 4.95. The van der Waals surface area contributed by atoms with E-state index in [2.05, 4.69) is 36.0 Å². The normalized spacial score (nSPS) is 19.6.